The number of halogens is 1. The summed E-state index contributed by atoms with van der Waals surface area (Å²) in [4.78, 5) is 0. The monoisotopic (exact) mass is 326 g/mol. The molecule has 6 heteroatoms. The third-order valence-electron chi connectivity index (χ3n) is 2.83. The van der Waals surface area contributed by atoms with Crippen LogP contribution < -0.4 is 20.7 Å². The van der Waals surface area contributed by atoms with Crippen molar-refractivity contribution in [3.63, 3.8) is 0 Å². The van der Waals surface area contributed by atoms with Crippen LogP contribution in [-0.2, 0) is 0 Å². The number of furan rings is 1. The van der Waals surface area contributed by atoms with Crippen molar-refractivity contribution in [2.45, 2.75) is 6.04 Å². The van der Waals surface area contributed by atoms with Crippen LogP contribution in [0.25, 0.3) is 0 Å². The Morgan fingerprint density at radius 1 is 1.21 bits per heavy atom. The zero-order valence-corrected chi connectivity index (χ0v) is 12.2. The average molecular weight is 327 g/mol. The number of nitrogens with one attached hydrogen (secondary N) is 1. The fraction of sp³-hybridized carbons (Fsp3) is 0.231. The van der Waals surface area contributed by atoms with E-state index in [0.717, 1.165) is 10.0 Å². The van der Waals surface area contributed by atoms with E-state index in [0.29, 0.717) is 17.3 Å². The standard InChI is InChI=1S/C13H15BrN2O3/c1-17-9-4-3-5-10(18-2)11(9)12(16-15)13-8(14)6-7-19-13/h3-7,12,16H,15H2,1-2H3. The first kappa shape index (κ1) is 13.9. The van der Waals surface area contributed by atoms with Crippen molar-refractivity contribution < 1.29 is 13.9 Å². The maximum absolute atomic E-state index is 5.67. The normalized spacial score (nSPS) is 12.2. The van der Waals surface area contributed by atoms with Gasteiger partial charge in [0.1, 0.15) is 23.3 Å². The van der Waals surface area contributed by atoms with Gasteiger partial charge in [-0.3, -0.25) is 5.84 Å². The maximum atomic E-state index is 5.67. The summed E-state index contributed by atoms with van der Waals surface area (Å²) in [7, 11) is 3.20. The molecule has 1 aromatic carbocycles. The number of nitrogens with two attached hydrogens (primary N) is 1. The molecule has 0 saturated heterocycles. The van der Waals surface area contributed by atoms with Gasteiger partial charge in [-0.25, -0.2) is 5.43 Å². The van der Waals surface area contributed by atoms with E-state index in [4.69, 9.17) is 19.7 Å². The van der Waals surface area contributed by atoms with Gasteiger partial charge in [0.05, 0.1) is 30.5 Å². The van der Waals surface area contributed by atoms with Gasteiger partial charge in [-0.15, -0.1) is 0 Å². The molecule has 2 rings (SSSR count). The van der Waals surface area contributed by atoms with Gasteiger partial charge in [-0.1, -0.05) is 6.07 Å². The molecule has 0 aliphatic rings. The van der Waals surface area contributed by atoms with Crippen LogP contribution in [0.15, 0.2) is 39.4 Å². The van der Waals surface area contributed by atoms with Crippen LogP contribution in [-0.4, -0.2) is 14.2 Å². The molecule has 0 fully saturated rings. The molecule has 1 atom stereocenters. The second-order valence-corrected chi connectivity index (χ2v) is 4.66. The predicted molar refractivity (Wildman–Crippen MR) is 75.1 cm³/mol. The molecule has 0 aliphatic heterocycles. The Kier molecular flexibility index (Phi) is 4.47. The third-order valence-corrected chi connectivity index (χ3v) is 3.48. The summed E-state index contributed by atoms with van der Waals surface area (Å²) in [6, 6.07) is 6.97. The Bertz CT molecular complexity index is 534. The number of ether oxygens (including phenoxy) is 2. The fourth-order valence-corrected chi connectivity index (χ4v) is 2.40. The Hall–Kier alpha value is -1.50. The molecule has 102 valence electrons. The summed E-state index contributed by atoms with van der Waals surface area (Å²) in [5.74, 6) is 7.67. The van der Waals surface area contributed by atoms with Gasteiger partial charge in [0.2, 0.25) is 0 Å². The van der Waals surface area contributed by atoms with Crippen LogP contribution in [0.2, 0.25) is 0 Å². The summed E-state index contributed by atoms with van der Waals surface area (Å²) in [6.07, 6.45) is 1.59. The first-order valence-corrected chi connectivity index (χ1v) is 6.42. The minimum atomic E-state index is -0.379. The van der Waals surface area contributed by atoms with Crippen molar-refractivity contribution in [3.8, 4) is 11.5 Å². The van der Waals surface area contributed by atoms with E-state index in [1.54, 1.807) is 20.5 Å². The van der Waals surface area contributed by atoms with Crippen LogP contribution in [0.4, 0.5) is 0 Å². The van der Waals surface area contributed by atoms with Crippen LogP contribution in [0.5, 0.6) is 11.5 Å². The van der Waals surface area contributed by atoms with Crippen LogP contribution in [0.3, 0.4) is 0 Å². The number of benzene rings is 1. The molecule has 0 amide bonds. The van der Waals surface area contributed by atoms with Gasteiger partial charge in [-0.2, -0.15) is 0 Å². The highest BCUT2D eigenvalue weighted by atomic mass is 79.9. The lowest BCUT2D eigenvalue weighted by Gasteiger charge is -2.20. The van der Waals surface area contributed by atoms with Crippen LogP contribution >= 0.6 is 15.9 Å². The van der Waals surface area contributed by atoms with E-state index in [-0.39, 0.29) is 6.04 Å². The molecule has 1 aromatic heterocycles. The average Bonchev–Trinajstić information content (AvgIpc) is 2.86. The Morgan fingerprint density at radius 2 is 1.84 bits per heavy atom. The van der Waals surface area contributed by atoms with E-state index in [1.165, 1.54) is 0 Å². The zero-order chi connectivity index (χ0) is 13.8. The number of methoxy groups -OCH3 is 2. The van der Waals surface area contributed by atoms with Crippen LogP contribution in [0.1, 0.15) is 17.4 Å². The number of hydrogen-bond donors (Lipinski definition) is 2. The van der Waals surface area contributed by atoms with E-state index >= 15 is 0 Å². The molecule has 0 radical (unpaired) electrons. The molecule has 1 unspecified atom stereocenters. The highest BCUT2D eigenvalue weighted by Gasteiger charge is 2.25. The van der Waals surface area contributed by atoms with Gasteiger partial charge < -0.3 is 13.9 Å². The number of hydrazine groups is 1. The van der Waals surface area contributed by atoms with Crippen molar-refractivity contribution in [2.75, 3.05) is 14.2 Å². The second-order valence-electron chi connectivity index (χ2n) is 3.81. The predicted octanol–water partition coefficient (Wildman–Crippen LogP) is 2.61. The molecule has 0 aliphatic carbocycles. The van der Waals surface area contributed by atoms with Crippen molar-refractivity contribution in [3.05, 3.63) is 46.3 Å². The summed E-state index contributed by atoms with van der Waals surface area (Å²) >= 11 is 3.43. The smallest absolute Gasteiger partial charge is 0.140 e. The number of hydrogen-bond acceptors (Lipinski definition) is 5. The van der Waals surface area contributed by atoms with E-state index in [1.807, 2.05) is 24.3 Å². The first-order valence-electron chi connectivity index (χ1n) is 5.62. The van der Waals surface area contributed by atoms with Gasteiger partial charge in [0.15, 0.2) is 0 Å². The number of rotatable bonds is 5. The minimum Gasteiger partial charge on any atom is -0.496 e. The highest BCUT2D eigenvalue weighted by Crippen LogP contribution is 2.39. The van der Waals surface area contributed by atoms with E-state index in [9.17, 15) is 0 Å². The molecule has 3 N–H and O–H groups in total. The van der Waals surface area contributed by atoms with Crippen molar-refractivity contribution in [1.82, 2.24) is 5.43 Å². The summed E-state index contributed by atoms with van der Waals surface area (Å²) < 4.78 is 17.0. The molecule has 2 aromatic rings. The Morgan fingerprint density at radius 3 is 2.26 bits per heavy atom. The summed E-state index contributed by atoms with van der Waals surface area (Å²) in [5, 5.41) is 0. The van der Waals surface area contributed by atoms with Crippen molar-refractivity contribution in [2.24, 2.45) is 5.84 Å². The lowest BCUT2D eigenvalue weighted by atomic mass is 10.0. The molecular weight excluding hydrogens is 312 g/mol. The Labute approximate surface area is 119 Å². The minimum absolute atomic E-state index is 0.379. The molecule has 0 spiro atoms. The SMILES string of the molecule is COc1cccc(OC)c1C(NN)c1occc1Br. The van der Waals surface area contributed by atoms with Crippen molar-refractivity contribution >= 4 is 15.9 Å². The van der Waals surface area contributed by atoms with Gasteiger partial charge in [0, 0.05) is 0 Å². The van der Waals surface area contributed by atoms with Gasteiger partial charge in [0.25, 0.3) is 0 Å². The maximum Gasteiger partial charge on any atom is 0.140 e. The molecular formula is C13H15BrN2O3. The molecule has 19 heavy (non-hydrogen) atoms. The summed E-state index contributed by atoms with van der Waals surface area (Å²) in [5.41, 5.74) is 3.51. The molecule has 0 bridgehead atoms. The largest absolute Gasteiger partial charge is 0.496 e. The third kappa shape index (κ3) is 2.60. The van der Waals surface area contributed by atoms with Gasteiger partial charge >= 0.3 is 0 Å². The molecule has 0 saturated carbocycles. The molecule has 1 heterocycles. The van der Waals surface area contributed by atoms with E-state index < -0.39 is 0 Å². The van der Waals surface area contributed by atoms with Gasteiger partial charge in [-0.05, 0) is 34.1 Å². The quantitative estimate of drug-likeness (QED) is 0.653. The van der Waals surface area contributed by atoms with Crippen molar-refractivity contribution in [1.29, 1.82) is 0 Å². The first-order chi connectivity index (χ1) is 9.22. The zero-order valence-electron chi connectivity index (χ0n) is 10.6. The summed E-state index contributed by atoms with van der Waals surface area (Å²) in [6.45, 7) is 0. The lowest BCUT2D eigenvalue weighted by Crippen LogP contribution is -2.29. The fourth-order valence-electron chi connectivity index (χ4n) is 1.97. The van der Waals surface area contributed by atoms with E-state index in [2.05, 4.69) is 21.4 Å². The lowest BCUT2D eigenvalue weighted by molar-refractivity contribution is 0.366. The van der Waals surface area contributed by atoms with Crippen LogP contribution in [0, 0.1) is 0 Å². The topological polar surface area (TPSA) is 69.7 Å². The second kappa shape index (κ2) is 6.10. The Balaban J connectivity index is 2.57. The molecule has 5 nitrogen and oxygen atoms in total. The highest BCUT2D eigenvalue weighted by molar-refractivity contribution is 9.10.